The summed E-state index contributed by atoms with van der Waals surface area (Å²) in [6, 6.07) is 12.1. The Kier molecular flexibility index (Phi) is 9.52. The molecule has 9 nitrogen and oxygen atoms in total. The highest BCUT2D eigenvalue weighted by Crippen LogP contribution is 2.50. The van der Waals surface area contributed by atoms with Crippen molar-refractivity contribution < 1.29 is 13.7 Å². The lowest BCUT2D eigenvalue weighted by Gasteiger charge is -2.47. The topological polar surface area (TPSA) is 110 Å². The van der Waals surface area contributed by atoms with Crippen LogP contribution in [-0.4, -0.2) is 40.5 Å². The number of hydrogen-bond acceptors (Lipinski definition) is 7. The van der Waals surface area contributed by atoms with Crippen molar-refractivity contribution in [2.75, 3.05) is 6.54 Å². The van der Waals surface area contributed by atoms with Crippen LogP contribution < -0.4 is 21.8 Å². The van der Waals surface area contributed by atoms with Crippen molar-refractivity contribution in [3.63, 3.8) is 0 Å². The minimum atomic E-state index is -2.11. The number of hydrazine groups is 2. The lowest BCUT2D eigenvalue weighted by atomic mass is 9.69. The van der Waals surface area contributed by atoms with Gasteiger partial charge >= 0.3 is 0 Å². The molecular formula is C35H49Cl2N7O2. The monoisotopic (exact) mass is 672 g/mol. The SMILES string of the molecule is C.[2H]C([2H])([2H])C(C)(C)C1CCC2(CC1)N=C(c1cc(Cl)cc(Cl)c1)C(=O)N2[C@H](CCC(C)(C)C)c1ccc(C(=O)NCC2=NNNN2)cc1. The molecule has 1 atom stereocenters. The zero-order chi connectivity index (χ0) is 35.1. The molecule has 1 saturated carbocycles. The van der Waals surface area contributed by atoms with Gasteiger partial charge in [-0.3, -0.25) is 20.0 Å². The number of nitrogens with one attached hydrogen (secondary N) is 4. The first kappa shape index (κ1) is 31.5. The summed E-state index contributed by atoms with van der Waals surface area (Å²) in [5.74, 6) is 0.0234. The summed E-state index contributed by atoms with van der Waals surface area (Å²) in [6.07, 6.45) is 3.75. The number of carbonyl (C=O) groups is 2. The molecule has 11 heteroatoms. The first-order valence-corrected chi connectivity index (χ1v) is 16.3. The van der Waals surface area contributed by atoms with Gasteiger partial charge in [-0.25, -0.2) is 5.53 Å². The van der Waals surface area contributed by atoms with Crippen LogP contribution in [0, 0.1) is 16.7 Å². The highest BCUT2D eigenvalue weighted by molar-refractivity contribution is 6.47. The maximum Gasteiger partial charge on any atom is 0.275 e. The molecule has 2 aromatic carbocycles. The molecule has 1 spiro atoms. The molecular weight excluding hydrogens is 621 g/mol. The van der Waals surface area contributed by atoms with E-state index in [2.05, 4.69) is 47.7 Å². The Morgan fingerprint density at radius 3 is 2.33 bits per heavy atom. The molecule has 0 unspecified atom stereocenters. The molecule has 0 radical (unpaired) electrons. The maximum atomic E-state index is 14.7. The molecule has 3 aliphatic rings. The lowest BCUT2D eigenvalue weighted by Crippen LogP contribution is -2.51. The van der Waals surface area contributed by atoms with Gasteiger partial charge in [0, 0.05) is 25.3 Å². The Balaban J connectivity index is 0.00000541. The Bertz CT molecular complexity index is 1580. The standard InChI is InChI=1S/C34H45Cl2N7O2.CH4/c1-32(2,3)14-13-27(21-7-9-22(10-8-21)30(44)37-20-28-39-41-42-40-28)43-31(45)29(23-17-25(35)19-26(36)18-23)38-34(43)15-11-24(12-16-34)33(4,5)6;/h7-10,17-19,24,27,41-42H,11-16,20H2,1-6H3,(H,37,44)(H,39,40);1H4/t24?,27-,34?;/m1./s1/i4D3;. The average molecular weight is 674 g/mol. The first-order valence-electron chi connectivity index (χ1n) is 17.0. The van der Waals surface area contributed by atoms with E-state index in [-0.39, 0.29) is 43.2 Å². The zero-order valence-corrected chi connectivity index (χ0v) is 28.1. The van der Waals surface area contributed by atoms with Crippen LogP contribution >= 0.6 is 23.2 Å². The quantitative estimate of drug-likeness (QED) is 0.233. The van der Waals surface area contributed by atoms with E-state index in [1.165, 1.54) is 0 Å². The number of benzene rings is 2. The molecule has 2 aromatic rings. The average Bonchev–Trinajstić information content (AvgIpc) is 3.62. The van der Waals surface area contributed by atoms with E-state index >= 15 is 0 Å². The highest BCUT2D eigenvalue weighted by Gasteiger charge is 2.52. The van der Waals surface area contributed by atoms with E-state index in [4.69, 9.17) is 32.3 Å². The second kappa shape index (κ2) is 13.9. The largest absolute Gasteiger partial charge is 0.345 e. The van der Waals surface area contributed by atoms with Gasteiger partial charge in [0.15, 0.2) is 5.84 Å². The van der Waals surface area contributed by atoms with Crippen molar-refractivity contribution in [3.8, 4) is 0 Å². The molecule has 0 bridgehead atoms. The predicted octanol–water partition coefficient (Wildman–Crippen LogP) is 7.42. The Morgan fingerprint density at radius 1 is 1.11 bits per heavy atom. The van der Waals surface area contributed by atoms with Crippen LogP contribution in [0.4, 0.5) is 0 Å². The van der Waals surface area contributed by atoms with Crippen LogP contribution in [0.5, 0.6) is 0 Å². The normalized spacial score (nSPS) is 23.3. The third-order valence-corrected chi connectivity index (χ3v) is 9.48. The van der Waals surface area contributed by atoms with E-state index in [0.717, 1.165) is 12.0 Å². The Labute approximate surface area is 288 Å². The second-order valence-corrected chi connectivity index (χ2v) is 15.0. The van der Waals surface area contributed by atoms with Gasteiger partial charge in [0.1, 0.15) is 11.4 Å². The number of carbonyl (C=O) groups excluding carboxylic acids is 2. The van der Waals surface area contributed by atoms with Gasteiger partial charge in [0.05, 0.1) is 12.6 Å². The summed E-state index contributed by atoms with van der Waals surface area (Å²) in [4.78, 5) is 34.8. The lowest BCUT2D eigenvalue weighted by molar-refractivity contribution is -0.134. The van der Waals surface area contributed by atoms with Gasteiger partial charge in [-0.05, 0) is 91.2 Å². The van der Waals surface area contributed by atoms with Gasteiger partial charge in [-0.2, -0.15) is 0 Å². The third kappa shape index (κ3) is 8.04. The number of amidine groups is 1. The summed E-state index contributed by atoms with van der Waals surface area (Å²) in [5, 5.41) is 7.64. The number of nitrogens with zero attached hydrogens (tertiary/aromatic N) is 3. The summed E-state index contributed by atoms with van der Waals surface area (Å²) in [6.45, 7) is 8.25. The minimum absolute atomic E-state index is 0. The van der Waals surface area contributed by atoms with E-state index < -0.39 is 17.9 Å². The van der Waals surface area contributed by atoms with Crippen LogP contribution in [-0.2, 0) is 4.79 Å². The van der Waals surface area contributed by atoms with Crippen LogP contribution in [0.15, 0.2) is 52.6 Å². The van der Waals surface area contributed by atoms with E-state index in [1.54, 1.807) is 30.3 Å². The molecule has 2 aliphatic heterocycles. The predicted molar refractivity (Wildman–Crippen MR) is 188 cm³/mol. The van der Waals surface area contributed by atoms with Gasteiger partial charge in [-0.15, -0.1) is 10.6 Å². The third-order valence-electron chi connectivity index (χ3n) is 9.04. The highest BCUT2D eigenvalue weighted by atomic mass is 35.5. The number of halogens is 2. The summed E-state index contributed by atoms with van der Waals surface area (Å²) >= 11 is 12.8. The number of hydrogen-bond donors (Lipinski definition) is 4. The Morgan fingerprint density at radius 2 is 1.76 bits per heavy atom. The molecule has 5 rings (SSSR count). The number of rotatable bonds is 8. The molecule has 1 fully saturated rings. The van der Waals surface area contributed by atoms with Gasteiger partial charge in [0.2, 0.25) is 0 Å². The van der Waals surface area contributed by atoms with Crippen LogP contribution in [0.25, 0.3) is 0 Å². The van der Waals surface area contributed by atoms with Gasteiger partial charge in [0.25, 0.3) is 11.8 Å². The van der Waals surface area contributed by atoms with Crippen LogP contribution in [0.2, 0.25) is 10.0 Å². The summed E-state index contributed by atoms with van der Waals surface area (Å²) in [7, 11) is 0. The molecule has 250 valence electrons. The zero-order valence-electron chi connectivity index (χ0n) is 29.6. The second-order valence-electron chi connectivity index (χ2n) is 14.1. The molecule has 4 N–H and O–H groups in total. The molecule has 1 aliphatic carbocycles. The summed E-state index contributed by atoms with van der Waals surface area (Å²) in [5.41, 5.74) is 8.45. The van der Waals surface area contributed by atoms with Crippen LogP contribution in [0.1, 0.15) is 119 Å². The van der Waals surface area contributed by atoms with Gasteiger partial charge in [-0.1, -0.05) is 84.2 Å². The molecule has 0 aromatic heterocycles. The van der Waals surface area contributed by atoms with Crippen molar-refractivity contribution in [1.29, 1.82) is 0 Å². The van der Waals surface area contributed by atoms with Crippen LogP contribution in [0.3, 0.4) is 0 Å². The fourth-order valence-corrected chi connectivity index (χ4v) is 7.05. The molecule has 2 amide bonds. The number of hydrazone groups is 1. The maximum absolute atomic E-state index is 14.7. The smallest absolute Gasteiger partial charge is 0.275 e. The van der Waals surface area contributed by atoms with E-state index in [9.17, 15) is 9.59 Å². The summed E-state index contributed by atoms with van der Waals surface area (Å²) < 4.78 is 24.6. The number of aliphatic imine (C=N–C) groups is 1. The number of amides is 2. The van der Waals surface area contributed by atoms with E-state index in [0.29, 0.717) is 64.8 Å². The van der Waals surface area contributed by atoms with Crippen molar-refractivity contribution in [2.45, 2.75) is 99.1 Å². The van der Waals surface area contributed by atoms with Gasteiger partial charge < -0.3 is 10.2 Å². The molecule has 0 saturated heterocycles. The fourth-order valence-electron chi connectivity index (χ4n) is 6.52. The molecule has 46 heavy (non-hydrogen) atoms. The molecule has 2 heterocycles. The van der Waals surface area contributed by atoms with Crippen molar-refractivity contribution in [1.82, 2.24) is 26.7 Å². The Hall–Kier alpha value is -3.14. The van der Waals surface area contributed by atoms with Crippen molar-refractivity contribution in [3.05, 3.63) is 69.2 Å². The van der Waals surface area contributed by atoms with Crippen molar-refractivity contribution >= 4 is 46.6 Å². The fraction of sp³-hybridized carbons (Fsp3) is 0.543. The first-order chi connectivity index (χ1) is 22.4. The van der Waals surface area contributed by atoms with Crippen molar-refractivity contribution in [2.24, 2.45) is 26.8 Å². The van der Waals surface area contributed by atoms with E-state index in [1.807, 2.05) is 30.9 Å². The minimum Gasteiger partial charge on any atom is -0.345 e.